The van der Waals surface area contributed by atoms with Crippen molar-refractivity contribution >= 4 is 0 Å². The van der Waals surface area contributed by atoms with E-state index in [1.165, 1.54) is 12.7 Å². The molecule has 0 aromatic carbocycles. The minimum absolute atomic E-state index is 0.0269. The SMILES string of the molecule is CO[C@@H]1[C@@H](O)[C@H](O[C@@H]2[C@@H](C)O[C@@H](O[C@H]3CC[C@@]4(C)C(=CC[C@@H]5[C@@H]4CC[C@]4(C)[C@@H]([C@H](C)O[C@@H]6O[C@H](CO)[C@H](O)[C@H](O)[C@H]6O)CC[C@]54O)C3)C[C@H]2OC)O[C@H](C)[C@H]1O. The summed E-state index contributed by atoms with van der Waals surface area (Å²) in [6.07, 6.45) is -4.36. The lowest BCUT2D eigenvalue weighted by molar-refractivity contribution is -0.342. The van der Waals surface area contributed by atoms with Crippen molar-refractivity contribution < 1.29 is 73.6 Å². The maximum Gasteiger partial charge on any atom is 0.187 e. The summed E-state index contributed by atoms with van der Waals surface area (Å²) < 4.78 is 48.3. The van der Waals surface area contributed by atoms with Crippen LogP contribution >= 0.6 is 0 Å². The molecular weight excluding hydrogens is 732 g/mol. The van der Waals surface area contributed by atoms with Gasteiger partial charge >= 0.3 is 0 Å². The normalized spacial score (nSPS) is 54.1. The molecule has 0 aromatic heterocycles. The van der Waals surface area contributed by atoms with Crippen LogP contribution in [0.4, 0.5) is 0 Å². The zero-order chi connectivity index (χ0) is 40.5. The number of fused-ring (bicyclic) bond motifs is 5. The van der Waals surface area contributed by atoms with E-state index in [0.717, 1.165) is 44.9 Å². The Morgan fingerprint density at radius 3 is 2.23 bits per heavy atom. The molecule has 3 heterocycles. The summed E-state index contributed by atoms with van der Waals surface area (Å²) in [5.41, 5.74) is -0.0367. The average molecular weight is 801 g/mol. The van der Waals surface area contributed by atoms with E-state index in [2.05, 4.69) is 19.9 Å². The van der Waals surface area contributed by atoms with E-state index in [4.69, 9.17) is 37.9 Å². The molecule has 15 nitrogen and oxygen atoms in total. The molecule has 15 heteroatoms. The Labute approximate surface area is 330 Å². The molecule has 0 aromatic rings. The Kier molecular flexibility index (Phi) is 12.8. The fraction of sp³-hybridized carbons (Fsp3) is 0.951. The standard InChI is InChI=1S/C41H68O15/c1-19(52-37-33(46)32(45)31(44)28(18-42)55-37)24-12-15-41(48)26-9-8-22-16-23(10-13-39(22,4)25(26)11-14-40(24,41)5)54-29-17-27(49-6)35(21(3)51-29)56-38-34(47)36(50-7)30(43)20(2)53-38/h8,19-21,23-38,42-48H,9-18H2,1-7H3/t19-,20+,21+,23-,24+,25-,26+,27+,28+,29-,30+,31-,32-,33+,34+,35+,36-,37+,38-,39-,40+,41-/m0/s1. The molecule has 7 N–H and O–H groups in total. The van der Waals surface area contributed by atoms with Crippen molar-refractivity contribution in [3.05, 3.63) is 11.6 Å². The Morgan fingerprint density at radius 2 is 1.54 bits per heavy atom. The number of methoxy groups -OCH3 is 2. The second-order valence-electron chi connectivity index (χ2n) is 18.4. The lowest BCUT2D eigenvalue weighted by Gasteiger charge is -2.61. The van der Waals surface area contributed by atoms with Crippen molar-refractivity contribution in [2.45, 2.75) is 196 Å². The molecule has 4 aliphatic carbocycles. The van der Waals surface area contributed by atoms with E-state index in [9.17, 15) is 35.7 Å². The van der Waals surface area contributed by atoms with E-state index in [1.54, 1.807) is 14.0 Å². The Hall–Kier alpha value is -0.860. The molecule has 56 heavy (non-hydrogen) atoms. The Balaban J connectivity index is 0.974. The van der Waals surface area contributed by atoms with E-state index in [-0.39, 0.29) is 29.5 Å². The summed E-state index contributed by atoms with van der Waals surface area (Å²) in [5, 5.41) is 74.9. The third kappa shape index (κ3) is 7.25. The zero-order valence-electron chi connectivity index (χ0n) is 34.0. The predicted molar refractivity (Wildman–Crippen MR) is 198 cm³/mol. The van der Waals surface area contributed by atoms with E-state index in [1.807, 2.05) is 13.8 Å². The van der Waals surface area contributed by atoms with E-state index >= 15 is 0 Å². The van der Waals surface area contributed by atoms with E-state index < -0.39 is 104 Å². The van der Waals surface area contributed by atoms with Crippen molar-refractivity contribution in [3.63, 3.8) is 0 Å². The highest BCUT2D eigenvalue weighted by molar-refractivity contribution is 5.28. The first-order valence-corrected chi connectivity index (χ1v) is 20.9. The minimum Gasteiger partial charge on any atom is -0.394 e. The lowest BCUT2D eigenvalue weighted by atomic mass is 9.45. The first-order valence-electron chi connectivity index (χ1n) is 20.9. The zero-order valence-corrected chi connectivity index (χ0v) is 34.0. The van der Waals surface area contributed by atoms with E-state index in [0.29, 0.717) is 18.8 Å². The van der Waals surface area contributed by atoms with Gasteiger partial charge in [-0.15, -0.1) is 0 Å². The molecule has 0 unspecified atom stereocenters. The van der Waals surface area contributed by atoms with Gasteiger partial charge in [-0.05, 0) is 95.3 Å². The maximum absolute atomic E-state index is 12.8. The number of aliphatic hydroxyl groups is 7. The van der Waals surface area contributed by atoms with Crippen molar-refractivity contribution in [1.82, 2.24) is 0 Å². The van der Waals surface area contributed by atoms with Gasteiger partial charge in [0.2, 0.25) is 0 Å². The summed E-state index contributed by atoms with van der Waals surface area (Å²) in [7, 11) is 3.06. The maximum atomic E-state index is 12.8. The predicted octanol–water partition coefficient (Wildman–Crippen LogP) is 1.29. The molecule has 7 aliphatic rings. The lowest BCUT2D eigenvalue weighted by Crippen LogP contribution is -2.62. The van der Waals surface area contributed by atoms with Gasteiger partial charge in [0.1, 0.15) is 48.8 Å². The Bertz CT molecular complexity index is 1380. The van der Waals surface area contributed by atoms with Gasteiger partial charge in [-0.2, -0.15) is 0 Å². The number of hydrogen-bond acceptors (Lipinski definition) is 15. The van der Waals surface area contributed by atoms with Gasteiger partial charge < -0.3 is 73.6 Å². The summed E-state index contributed by atoms with van der Waals surface area (Å²) in [6, 6.07) is 0. The Morgan fingerprint density at radius 1 is 0.786 bits per heavy atom. The van der Waals surface area contributed by atoms with Crippen molar-refractivity contribution in [1.29, 1.82) is 0 Å². The second kappa shape index (κ2) is 16.5. The molecule has 322 valence electrons. The summed E-state index contributed by atoms with van der Waals surface area (Å²) in [4.78, 5) is 0. The van der Waals surface area contributed by atoms with Gasteiger partial charge in [-0.1, -0.05) is 25.5 Å². The molecule has 3 saturated carbocycles. The van der Waals surface area contributed by atoms with Crippen LogP contribution in [0.5, 0.6) is 0 Å². The monoisotopic (exact) mass is 800 g/mol. The van der Waals surface area contributed by atoms with Crippen molar-refractivity contribution in [2.75, 3.05) is 20.8 Å². The van der Waals surface area contributed by atoms with Gasteiger partial charge in [0.05, 0.1) is 42.7 Å². The number of ether oxygens (including phenoxy) is 8. The molecule has 0 radical (unpaired) electrons. The molecule has 3 aliphatic heterocycles. The van der Waals surface area contributed by atoms with Crippen molar-refractivity contribution in [2.24, 2.45) is 28.6 Å². The highest BCUT2D eigenvalue weighted by Gasteiger charge is 2.67. The quantitative estimate of drug-likeness (QED) is 0.155. The molecule has 6 fully saturated rings. The number of allylic oxidation sites excluding steroid dienone is 1. The summed E-state index contributed by atoms with van der Waals surface area (Å²) in [5.74, 6) is 0.361. The third-order valence-electron chi connectivity index (χ3n) is 15.7. The largest absolute Gasteiger partial charge is 0.394 e. The van der Waals surface area contributed by atoms with Crippen LogP contribution in [0.15, 0.2) is 11.6 Å². The van der Waals surface area contributed by atoms with Gasteiger partial charge in [-0.3, -0.25) is 0 Å². The van der Waals surface area contributed by atoms with Crippen LogP contribution in [0.1, 0.15) is 92.4 Å². The molecule has 3 saturated heterocycles. The van der Waals surface area contributed by atoms with Crippen LogP contribution in [0.25, 0.3) is 0 Å². The van der Waals surface area contributed by atoms with Gasteiger partial charge in [0.15, 0.2) is 18.9 Å². The molecule has 22 atom stereocenters. The molecule has 0 amide bonds. The van der Waals surface area contributed by atoms with Crippen LogP contribution in [0, 0.1) is 28.6 Å². The van der Waals surface area contributed by atoms with Crippen LogP contribution < -0.4 is 0 Å². The smallest absolute Gasteiger partial charge is 0.187 e. The van der Waals surface area contributed by atoms with Crippen LogP contribution in [-0.2, 0) is 37.9 Å². The summed E-state index contributed by atoms with van der Waals surface area (Å²) in [6.45, 7) is 9.56. The first kappa shape index (κ1) is 43.2. The summed E-state index contributed by atoms with van der Waals surface area (Å²) >= 11 is 0. The van der Waals surface area contributed by atoms with Gasteiger partial charge in [0, 0.05) is 26.1 Å². The third-order valence-corrected chi connectivity index (χ3v) is 15.7. The molecule has 0 bridgehead atoms. The molecular formula is C41H68O15. The number of rotatable bonds is 10. The van der Waals surface area contributed by atoms with Crippen LogP contribution in [0.3, 0.4) is 0 Å². The van der Waals surface area contributed by atoms with Crippen LogP contribution in [-0.4, -0.2) is 160 Å². The fourth-order valence-electron chi connectivity index (χ4n) is 12.3. The minimum atomic E-state index is -1.51. The van der Waals surface area contributed by atoms with Gasteiger partial charge in [-0.25, -0.2) is 0 Å². The molecule has 0 spiro atoms. The molecule has 7 rings (SSSR count). The highest BCUT2D eigenvalue weighted by atomic mass is 16.7. The number of aliphatic hydroxyl groups excluding tert-OH is 6. The van der Waals surface area contributed by atoms with Crippen molar-refractivity contribution in [3.8, 4) is 0 Å². The average Bonchev–Trinajstić information content (AvgIpc) is 3.45. The van der Waals surface area contributed by atoms with Crippen LogP contribution in [0.2, 0.25) is 0 Å². The van der Waals surface area contributed by atoms with Gasteiger partial charge in [0.25, 0.3) is 0 Å². The second-order valence-corrected chi connectivity index (χ2v) is 18.4. The first-order chi connectivity index (χ1) is 26.5. The number of hydrogen-bond donors (Lipinski definition) is 7. The highest BCUT2D eigenvalue weighted by Crippen LogP contribution is 2.68. The fourth-order valence-corrected chi connectivity index (χ4v) is 12.3. The topological polar surface area (TPSA) is 215 Å².